The molecule has 1 aliphatic heterocycles. The molecule has 0 aromatic heterocycles. The average molecular weight is 331 g/mol. The molecule has 0 bridgehead atoms. The molecule has 2 aromatic rings. The summed E-state index contributed by atoms with van der Waals surface area (Å²) in [6, 6.07) is 15.4. The number of halogens is 1. The second kappa shape index (κ2) is 5.98. The van der Waals surface area contributed by atoms with E-state index in [0.717, 1.165) is 24.0 Å². The van der Waals surface area contributed by atoms with E-state index < -0.39 is 0 Å². The summed E-state index contributed by atoms with van der Waals surface area (Å²) >= 11 is 3.53. The van der Waals surface area contributed by atoms with E-state index in [2.05, 4.69) is 76.0 Å². The van der Waals surface area contributed by atoms with Gasteiger partial charge in [0.25, 0.3) is 0 Å². The van der Waals surface area contributed by atoms with Crippen molar-refractivity contribution in [3.05, 3.63) is 63.6 Å². The van der Waals surface area contributed by atoms with Crippen LogP contribution in [0.4, 0.5) is 5.69 Å². The van der Waals surface area contributed by atoms with Gasteiger partial charge in [0.05, 0.1) is 0 Å². The molecule has 1 atom stereocenters. The van der Waals surface area contributed by atoms with E-state index >= 15 is 0 Å². The highest BCUT2D eigenvalue weighted by Crippen LogP contribution is 2.27. The topological polar surface area (TPSA) is 24.1 Å². The first-order chi connectivity index (χ1) is 9.74. The molecule has 2 nitrogen and oxygen atoms in total. The number of fused-ring (bicyclic) bond motifs is 1. The van der Waals surface area contributed by atoms with Gasteiger partial charge in [-0.1, -0.05) is 46.3 Å². The minimum Gasteiger partial charge on any atom is -0.384 e. The predicted molar refractivity (Wildman–Crippen MR) is 88.0 cm³/mol. The van der Waals surface area contributed by atoms with E-state index in [9.17, 15) is 0 Å². The van der Waals surface area contributed by atoms with Gasteiger partial charge in [-0.05, 0) is 42.2 Å². The first-order valence-corrected chi connectivity index (χ1v) is 7.87. The van der Waals surface area contributed by atoms with Crippen molar-refractivity contribution < 1.29 is 0 Å². The van der Waals surface area contributed by atoms with Gasteiger partial charge in [0, 0.05) is 29.3 Å². The Hall–Kier alpha value is -1.32. The van der Waals surface area contributed by atoms with E-state index in [1.54, 1.807) is 0 Å². The van der Waals surface area contributed by atoms with Crippen LogP contribution in [0.1, 0.15) is 29.7 Å². The molecule has 3 rings (SSSR count). The Bertz CT molecular complexity index is 610. The third-order valence-electron chi connectivity index (χ3n) is 3.88. The van der Waals surface area contributed by atoms with Gasteiger partial charge in [-0.15, -0.1) is 0 Å². The zero-order valence-corrected chi connectivity index (χ0v) is 13.2. The van der Waals surface area contributed by atoms with Gasteiger partial charge in [-0.25, -0.2) is 0 Å². The summed E-state index contributed by atoms with van der Waals surface area (Å²) in [6.45, 7) is 4.16. The van der Waals surface area contributed by atoms with Gasteiger partial charge in [-0.3, -0.25) is 0 Å². The number of nitrogens with one attached hydrogen (secondary N) is 2. The van der Waals surface area contributed by atoms with E-state index in [0.29, 0.717) is 6.04 Å². The van der Waals surface area contributed by atoms with E-state index in [1.165, 1.54) is 22.4 Å². The predicted octanol–water partition coefficient (Wildman–Crippen LogP) is 4.27. The van der Waals surface area contributed by atoms with Crippen molar-refractivity contribution >= 4 is 21.6 Å². The molecular weight excluding hydrogens is 312 g/mol. The minimum atomic E-state index is 0.338. The fraction of sp³-hybridized carbons (Fsp3) is 0.294. The Morgan fingerprint density at radius 3 is 2.95 bits per heavy atom. The molecule has 104 valence electrons. The highest BCUT2D eigenvalue weighted by atomic mass is 79.9. The fourth-order valence-corrected chi connectivity index (χ4v) is 3.13. The lowest BCUT2D eigenvalue weighted by Crippen LogP contribution is -2.18. The molecule has 3 heteroatoms. The summed E-state index contributed by atoms with van der Waals surface area (Å²) in [5, 5.41) is 7.11. The highest BCUT2D eigenvalue weighted by molar-refractivity contribution is 9.10. The summed E-state index contributed by atoms with van der Waals surface area (Å²) in [5.41, 5.74) is 5.45. The molecule has 0 amide bonds. The third kappa shape index (κ3) is 2.89. The van der Waals surface area contributed by atoms with Gasteiger partial charge in [0.15, 0.2) is 0 Å². The van der Waals surface area contributed by atoms with Crippen molar-refractivity contribution in [2.24, 2.45) is 0 Å². The summed E-state index contributed by atoms with van der Waals surface area (Å²) < 4.78 is 1.13. The SMILES string of the molecule is CC(NCc1cccc2c1NCC2)c1cccc(Br)c1. The molecule has 2 N–H and O–H groups in total. The summed E-state index contributed by atoms with van der Waals surface area (Å²) in [5.74, 6) is 0. The van der Waals surface area contributed by atoms with Gasteiger partial charge in [0.2, 0.25) is 0 Å². The molecule has 1 unspecified atom stereocenters. The maximum absolute atomic E-state index is 3.61. The average Bonchev–Trinajstić information content (AvgIpc) is 2.93. The monoisotopic (exact) mass is 330 g/mol. The smallest absolute Gasteiger partial charge is 0.0419 e. The van der Waals surface area contributed by atoms with Gasteiger partial charge in [0.1, 0.15) is 0 Å². The normalized spacial score (nSPS) is 14.7. The van der Waals surface area contributed by atoms with Crippen molar-refractivity contribution in [2.45, 2.75) is 25.9 Å². The number of hydrogen-bond acceptors (Lipinski definition) is 2. The lowest BCUT2D eigenvalue weighted by atomic mass is 10.1. The third-order valence-corrected chi connectivity index (χ3v) is 4.37. The fourth-order valence-electron chi connectivity index (χ4n) is 2.72. The van der Waals surface area contributed by atoms with Crippen LogP contribution >= 0.6 is 15.9 Å². The van der Waals surface area contributed by atoms with Crippen molar-refractivity contribution in [3.8, 4) is 0 Å². The Balaban J connectivity index is 1.69. The van der Waals surface area contributed by atoms with Crippen LogP contribution in [0.15, 0.2) is 46.9 Å². The first-order valence-electron chi connectivity index (χ1n) is 7.07. The van der Waals surface area contributed by atoms with Gasteiger partial charge >= 0.3 is 0 Å². The van der Waals surface area contributed by atoms with Gasteiger partial charge < -0.3 is 10.6 Å². The Kier molecular flexibility index (Phi) is 4.08. The molecule has 1 heterocycles. The standard InChI is InChI=1S/C17H19BrN2/c1-12(14-5-3-7-16(18)10-14)20-11-15-6-2-4-13-8-9-19-17(13)15/h2-7,10,12,19-20H,8-9,11H2,1H3. The van der Waals surface area contributed by atoms with Crippen molar-refractivity contribution in [2.75, 3.05) is 11.9 Å². The Labute approximate surface area is 128 Å². The Morgan fingerprint density at radius 2 is 2.10 bits per heavy atom. The maximum atomic E-state index is 3.61. The highest BCUT2D eigenvalue weighted by Gasteiger charge is 2.14. The molecule has 0 fully saturated rings. The number of rotatable bonds is 4. The largest absolute Gasteiger partial charge is 0.384 e. The van der Waals surface area contributed by atoms with Crippen LogP contribution in [-0.2, 0) is 13.0 Å². The summed E-state index contributed by atoms with van der Waals surface area (Å²) in [7, 11) is 0. The molecule has 0 saturated heterocycles. The molecular formula is C17H19BrN2. The van der Waals surface area contributed by atoms with Crippen molar-refractivity contribution in [1.29, 1.82) is 0 Å². The lowest BCUT2D eigenvalue weighted by molar-refractivity contribution is 0.575. The Morgan fingerprint density at radius 1 is 1.25 bits per heavy atom. The van der Waals surface area contributed by atoms with Gasteiger partial charge in [-0.2, -0.15) is 0 Å². The molecule has 2 aromatic carbocycles. The number of hydrogen-bond donors (Lipinski definition) is 2. The molecule has 0 radical (unpaired) electrons. The quantitative estimate of drug-likeness (QED) is 0.874. The first kappa shape index (κ1) is 13.7. The molecule has 20 heavy (non-hydrogen) atoms. The van der Waals surface area contributed by atoms with Crippen molar-refractivity contribution in [3.63, 3.8) is 0 Å². The number of para-hydroxylation sites is 1. The van der Waals surface area contributed by atoms with Crippen LogP contribution in [0.3, 0.4) is 0 Å². The van der Waals surface area contributed by atoms with Crippen LogP contribution < -0.4 is 10.6 Å². The van der Waals surface area contributed by atoms with Crippen LogP contribution in [-0.4, -0.2) is 6.54 Å². The second-order valence-corrected chi connectivity index (χ2v) is 6.20. The van der Waals surface area contributed by atoms with Crippen LogP contribution in [0.5, 0.6) is 0 Å². The van der Waals surface area contributed by atoms with E-state index in [4.69, 9.17) is 0 Å². The molecule has 0 aliphatic carbocycles. The summed E-state index contributed by atoms with van der Waals surface area (Å²) in [4.78, 5) is 0. The van der Waals surface area contributed by atoms with Crippen LogP contribution in [0.25, 0.3) is 0 Å². The van der Waals surface area contributed by atoms with E-state index in [1.807, 2.05) is 0 Å². The van der Waals surface area contributed by atoms with Crippen LogP contribution in [0, 0.1) is 0 Å². The van der Waals surface area contributed by atoms with Crippen molar-refractivity contribution in [1.82, 2.24) is 5.32 Å². The number of benzene rings is 2. The minimum absolute atomic E-state index is 0.338. The lowest BCUT2D eigenvalue weighted by Gasteiger charge is -2.16. The zero-order chi connectivity index (χ0) is 13.9. The molecule has 0 spiro atoms. The summed E-state index contributed by atoms with van der Waals surface area (Å²) in [6.07, 6.45) is 1.14. The number of anilines is 1. The second-order valence-electron chi connectivity index (χ2n) is 5.29. The zero-order valence-electron chi connectivity index (χ0n) is 11.6. The molecule has 0 saturated carbocycles. The maximum Gasteiger partial charge on any atom is 0.0419 e. The molecule has 1 aliphatic rings. The van der Waals surface area contributed by atoms with Crippen LogP contribution in [0.2, 0.25) is 0 Å². The van der Waals surface area contributed by atoms with E-state index in [-0.39, 0.29) is 0 Å².